The van der Waals surface area contributed by atoms with Crippen molar-refractivity contribution in [1.82, 2.24) is 9.97 Å². The highest BCUT2D eigenvalue weighted by Gasteiger charge is 2.14. The Morgan fingerprint density at radius 1 is 1.29 bits per heavy atom. The number of carbonyl (C=O) groups excluding carboxylic acids is 1. The van der Waals surface area contributed by atoms with Gasteiger partial charge in [0.05, 0.1) is 29.2 Å². The highest BCUT2D eigenvalue weighted by molar-refractivity contribution is 7.11. The summed E-state index contributed by atoms with van der Waals surface area (Å²) in [6.07, 6.45) is 4.06. The van der Waals surface area contributed by atoms with Crippen LogP contribution in [0.1, 0.15) is 20.0 Å². The minimum absolute atomic E-state index is 0.00198. The summed E-state index contributed by atoms with van der Waals surface area (Å²) in [6, 6.07) is 1.32. The molecule has 2 rings (SSSR count). The quantitative estimate of drug-likeness (QED) is 0.859. The molecule has 1 amide bonds. The molecule has 0 saturated heterocycles. The van der Waals surface area contributed by atoms with Crippen LogP contribution >= 0.6 is 11.3 Å². The van der Waals surface area contributed by atoms with Crippen molar-refractivity contribution < 1.29 is 14.7 Å². The van der Waals surface area contributed by atoms with Gasteiger partial charge < -0.3 is 10.4 Å². The van der Waals surface area contributed by atoms with Crippen LogP contribution in [0.2, 0.25) is 0 Å². The van der Waals surface area contributed by atoms with E-state index in [-0.39, 0.29) is 11.3 Å². The second kappa shape index (κ2) is 4.71. The number of thiazole rings is 1. The van der Waals surface area contributed by atoms with Gasteiger partial charge in [-0.05, 0) is 6.07 Å². The second-order valence-corrected chi connectivity index (χ2v) is 3.93. The minimum atomic E-state index is -1.12. The Bertz CT molecular complexity index is 554. The molecule has 7 heteroatoms. The van der Waals surface area contributed by atoms with E-state index in [4.69, 9.17) is 5.11 Å². The molecule has 0 aliphatic heterocycles. The average Bonchev–Trinajstić information content (AvgIpc) is 2.83. The number of carboxylic acids is 1. The van der Waals surface area contributed by atoms with Gasteiger partial charge >= 0.3 is 5.97 Å². The van der Waals surface area contributed by atoms with Gasteiger partial charge in [-0.1, -0.05) is 0 Å². The third-order valence-corrected chi connectivity index (χ3v) is 2.73. The Morgan fingerprint density at radius 2 is 2.12 bits per heavy atom. The van der Waals surface area contributed by atoms with Crippen LogP contribution in [-0.4, -0.2) is 27.0 Å². The van der Waals surface area contributed by atoms with Crippen molar-refractivity contribution in [2.45, 2.75) is 0 Å². The van der Waals surface area contributed by atoms with Crippen molar-refractivity contribution in [1.29, 1.82) is 0 Å². The number of nitrogens with one attached hydrogen (secondary N) is 1. The Labute approximate surface area is 100.0 Å². The van der Waals surface area contributed by atoms with E-state index >= 15 is 0 Å². The number of nitrogens with zero attached hydrogens (tertiary/aromatic N) is 2. The van der Waals surface area contributed by atoms with Crippen molar-refractivity contribution in [2.75, 3.05) is 5.32 Å². The Morgan fingerprint density at radius 3 is 2.76 bits per heavy atom. The fourth-order valence-corrected chi connectivity index (χ4v) is 1.71. The van der Waals surface area contributed by atoms with E-state index in [1.54, 1.807) is 0 Å². The molecule has 2 aromatic heterocycles. The number of aromatic nitrogens is 2. The summed E-state index contributed by atoms with van der Waals surface area (Å²) >= 11 is 1.17. The van der Waals surface area contributed by atoms with E-state index in [0.29, 0.717) is 4.88 Å². The monoisotopic (exact) mass is 249 g/mol. The summed E-state index contributed by atoms with van der Waals surface area (Å²) < 4.78 is 0. The Kier molecular flexibility index (Phi) is 3.10. The summed E-state index contributed by atoms with van der Waals surface area (Å²) in [5.41, 5.74) is 1.69. The number of aromatic carboxylic acids is 1. The van der Waals surface area contributed by atoms with Crippen LogP contribution in [0.25, 0.3) is 0 Å². The van der Waals surface area contributed by atoms with Crippen LogP contribution in [0.4, 0.5) is 5.69 Å². The molecule has 2 N–H and O–H groups in total. The predicted octanol–water partition coefficient (Wildman–Crippen LogP) is 1.49. The van der Waals surface area contributed by atoms with Crippen molar-refractivity contribution in [3.8, 4) is 0 Å². The molecular formula is C10H7N3O3S. The molecule has 0 fully saturated rings. The third-order valence-electron chi connectivity index (χ3n) is 1.96. The van der Waals surface area contributed by atoms with Gasteiger partial charge in [0.15, 0.2) is 0 Å². The molecule has 2 heterocycles. The van der Waals surface area contributed by atoms with E-state index in [1.165, 1.54) is 41.5 Å². The number of carboxylic acid groups (broad SMARTS) is 1. The van der Waals surface area contributed by atoms with E-state index in [9.17, 15) is 9.59 Å². The lowest BCUT2D eigenvalue weighted by Gasteiger charge is -2.05. The van der Waals surface area contributed by atoms with Crippen LogP contribution in [0.5, 0.6) is 0 Å². The van der Waals surface area contributed by atoms with E-state index in [1.807, 2.05) is 0 Å². The van der Waals surface area contributed by atoms with Crippen LogP contribution in [0, 0.1) is 0 Å². The maximum absolute atomic E-state index is 11.7. The number of anilines is 1. The number of carbonyl (C=O) groups is 2. The summed E-state index contributed by atoms with van der Waals surface area (Å²) in [4.78, 5) is 30.5. The van der Waals surface area contributed by atoms with Gasteiger partial charge in [0, 0.05) is 6.20 Å². The molecule has 0 spiro atoms. The molecule has 0 bridgehead atoms. The Balaban J connectivity index is 2.25. The molecule has 0 atom stereocenters. The number of amides is 1. The highest BCUT2D eigenvalue weighted by atomic mass is 32.1. The van der Waals surface area contributed by atoms with Gasteiger partial charge in [-0.25, -0.2) is 4.79 Å². The topological polar surface area (TPSA) is 92.2 Å². The molecule has 0 unspecified atom stereocenters. The normalized spacial score (nSPS) is 9.88. The lowest BCUT2D eigenvalue weighted by molar-refractivity contribution is 0.0698. The largest absolute Gasteiger partial charge is 0.478 e. The highest BCUT2D eigenvalue weighted by Crippen LogP contribution is 2.15. The van der Waals surface area contributed by atoms with Crippen molar-refractivity contribution >= 4 is 28.9 Å². The van der Waals surface area contributed by atoms with Gasteiger partial charge in [0.25, 0.3) is 5.91 Å². The first kappa shape index (κ1) is 11.2. The number of pyridine rings is 1. The first-order valence-electron chi connectivity index (χ1n) is 4.55. The maximum atomic E-state index is 11.7. The molecule has 86 valence electrons. The maximum Gasteiger partial charge on any atom is 0.337 e. The zero-order chi connectivity index (χ0) is 12.3. The molecule has 0 radical (unpaired) electrons. The molecule has 6 nitrogen and oxygen atoms in total. The van der Waals surface area contributed by atoms with Gasteiger partial charge in [-0.2, -0.15) is 0 Å². The summed E-state index contributed by atoms with van der Waals surface area (Å²) in [7, 11) is 0. The SMILES string of the molecule is O=C(Nc1cnccc1C(=O)O)c1cncs1. The van der Waals surface area contributed by atoms with Gasteiger partial charge in [-0.15, -0.1) is 11.3 Å². The third kappa shape index (κ3) is 2.45. The average molecular weight is 249 g/mol. The van der Waals surface area contributed by atoms with Gasteiger partial charge in [0.2, 0.25) is 0 Å². The van der Waals surface area contributed by atoms with Crippen LogP contribution in [-0.2, 0) is 0 Å². The smallest absolute Gasteiger partial charge is 0.337 e. The molecule has 0 aliphatic carbocycles. The minimum Gasteiger partial charge on any atom is -0.478 e. The molecule has 2 aromatic rings. The summed E-state index contributed by atoms with van der Waals surface area (Å²) in [6.45, 7) is 0. The summed E-state index contributed by atoms with van der Waals surface area (Å²) in [5.74, 6) is -1.52. The predicted molar refractivity (Wildman–Crippen MR) is 61.3 cm³/mol. The lowest BCUT2D eigenvalue weighted by Crippen LogP contribution is -2.13. The van der Waals surface area contributed by atoms with Crippen molar-refractivity contribution in [3.05, 3.63) is 40.6 Å². The van der Waals surface area contributed by atoms with E-state index in [2.05, 4.69) is 15.3 Å². The zero-order valence-electron chi connectivity index (χ0n) is 8.45. The molecule has 17 heavy (non-hydrogen) atoms. The van der Waals surface area contributed by atoms with E-state index in [0.717, 1.165) is 0 Å². The van der Waals surface area contributed by atoms with Crippen LogP contribution in [0.15, 0.2) is 30.2 Å². The zero-order valence-corrected chi connectivity index (χ0v) is 9.27. The van der Waals surface area contributed by atoms with Crippen molar-refractivity contribution in [2.24, 2.45) is 0 Å². The van der Waals surface area contributed by atoms with Gasteiger partial charge in [0.1, 0.15) is 4.88 Å². The first-order chi connectivity index (χ1) is 8.18. The molecule has 0 aromatic carbocycles. The standard InChI is InChI=1S/C10H7N3O3S/c14-9(8-4-12-5-17-8)13-7-3-11-2-1-6(7)10(15)16/h1-5H,(H,13,14)(H,15,16). The summed E-state index contributed by atoms with van der Waals surface area (Å²) in [5, 5.41) is 11.4. The van der Waals surface area contributed by atoms with Crippen LogP contribution < -0.4 is 5.32 Å². The van der Waals surface area contributed by atoms with Crippen LogP contribution in [0.3, 0.4) is 0 Å². The van der Waals surface area contributed by atoms with E-state index < -0.39 is 11.9 Å². The number of hydrogen-bond donors (Lipinski definition) is 2. The molecule has 0 aliphatic rings. The fraction of sp³-hybridized carbons (Fsp3) is 0. The van der Waals surface area contributed by atoms with Crippen molar-refractivity contribution in [3.63, 3.8) is 0 Å². The number of hydrogen-bond acceptors (Lipinski definition) is 5. The number of rotatable bonds is 3. The fourth-order valence-electron chi connectivity index (χ4n) is 1.19. The Hall–Kier alpha value is -2.28. The lowest BCUT2D eigenvalue weighted by atomic mass is 10.2. The molecular weight excluding hydrogens is 242 g/mol. The second-order valence-electron chi connectivity index (χ2n) is 3.05. The first-order valence-corrected chi connectivity index (χ1v) is 5.43. The van der Waals surface area contributed by atoms with Gasteiger partial charge in [-0.3, -0.25) is 14.8 Å². The molecule has 0 saturated carbocycles.